The van der Waals surface area contributed by atoms with Crippen LogP contribution in [0.5, 0.6) is 0 Å². The topological polar surface area (TPSA) is 58.6 Å². The van der Waals surface area contributed by atoms with Crippen molar-refractivity contribution in [3.8, 4) is 0 Å². The predicted molar refractivity (Wildman–Crippen MR) is 50.4 cm³/mol. The molecule has 2 atom stereocenters. The van der Waals surface area contributed by atoms with Crippen molar-refractivity contribution in [3.05, 3.63) is 0 Å². The van der Waals surface area contributed by atoms with Gasteiger partial charge in [0.2, 0.25) is 0 Å². The van der Waals surface area contributed by atoms with Crippen molar-refractivity contribution < 1.29 is 14.6 Å². The largest absolute Gasteiger partial charge is 0.465 e. The van der Waals surface area contributed by atoms with E-state index < -0.39 is 0 Å². The van der Waals surface area contributed by atoms with Crippen molar-refractivity contribution in [2.75, 3.05) is 13.2 Å². The van der Waals surface area contributed by atoms with Crippen molar-refractivity contribution >= 4 is 5.97 Å². The number of nitrogens with one attached hydrogen (secondary N) is 1. The number of esters is 1. The molecule has 0 spiro atoms. The highest BCUT2D eigenvalue weighted by Gasteiger charge is 2.15. The summed E-state index contributed by atoms with van der Waals surface area (Å²) >= 11 is 0. The maximum atomic E-state index is 11.1. The van der Waals surface area contributed by atoms with Gasteiger partial charge in [-0.05, 0) is 27.2 Å². The predicted octanol–water partition coefficient (Wildman–Crippen LogP) is 0.299. The lowest BCUT2D eigenvalue weighted by Gasteiger charge is -2.17. The Balaban J connectivity index is 3.71. The normalized spacial score (nSPS) is 15.1. The van der Waals surface area contributed by atoms with Gasteiger partial charge in [-0.25, -0.2) is 0 Å². The van der Waals surface area contributed by atoms with Crippen LogP contribution >= 0.6 is 0 Å². The van der Waals surface area contributed by atoms with Gasteiger partial charge in [0.25, 0.3) is 0 Å². The second-order valence-corrected chi connectivity index (χ2v) is 3.05. The van der Waals surface area contributed by atoms with Crippen molar-refractivity contribution in [3.63, 3.8) is 0 Å². The number of hydrogen-bond donors (Lipinski definition) is 2. The fourth-order valence-electron chi connectivity index (χ4n) is 1.04. The Bertz CT molecular complexity index is 150. The van der Waals surface area contributed by atoms with E-state index in [4.69, 9.17) is 9.84 Å². The van der Waals surface area contributed by atoms with E-state index in [1.165, 1.54) is 0 Å². The van der Waals surface area contributed by atoms with Crippen molar-refractivity contribution in [1.82, 2.24) is 5.32 Å². The van der Waals surface area contributed by atoms with Gasteiger partial charge in [-0.3, -0.25) is 4.79 Å². The van der Waals surface area contributed by atoms with Crippen LogP contribution in [0.1, 0.15) is 27.2 Å². The summed E-state index contributed by atoms with van der Waals surface area (Å²) in [5, 5.41) is 11.7. The van der Waals surface area contributed by atoms with Gasteiger partial charge in [0, 0.05) is 12.6 Å². The molecule has 0 rings (SSSR count). The van der Waals surface area contributed by atoms with Crippen molar-refractivity contribution in [1.29, 1.82) is 0 Å². The highest BCUT2D eigenvalue weighted by molar-refractivity contribution is 5.75. The second-order valence-electron chi connectivity index (χ2n) is 3.05. The summed E-state index contributed by atoms with van der Waals surface area (Å²) in [6, 6.07) is -0.175. The highest BCUT2D eigenvalue weighted by atomic mass is 16.5. The fraction of sp³-hybridized carbons (Fsp3) is 0.889. The molecule has 0 saturated heterocycles. The summed E-state index contributed by atoms with van der Waals surface area (Å²) in [5.41, 5.74) is 0. The van der Waals surface area contributed by atoms with Gasteiger partial charge < -0.3 is 15.2 Å². The Morgan fingerprint density at radius 1 is 1.54 bits per heavy atom. The quantitative estimate of drug-likeness (QED) is 0.590. The first-order valence-corrected chi connectivity index (χ1v) is 4.65. The Hall–Kier alpha value is -0.610. The third-order valence-corrected chi connectivity index (χ3v) is 1.74. The summed E-state index contributed by atoms with van der Waals surface area (Å²) < 4.78 is 4.82. The minimum absolute atomic E-state index is 0.129. The van der Waals surface area contributed by atoms with Crippen LogP contribution in [0.4, 0.5) is 0 Å². The number of aliphatic hydroxyl groups is 1. The highest BCUT2D eigenvalue weighted by Crippen LogP contribution is 1.94. The third-order valence-electron chi connectivity index (χ3n) is 1.74. The first kappa shape index (κ1) is 12.4. The number of ether oxygens (including phenoxy) is 1. The molecule has 0 aromatic rings. The fourth-order valence-corrected chi connectivity index (χ4v) is 1.04. The number of carbonyl (C=O) groups excluding carboxylic acids is 1. The van der Waals surface area contributed by atoms with E-state index in [1.54, 1.807) is 13.8 Å². The summed E-state index contributed by atoms with van der Waals surface area (Å²) in [7, 11) is 0. The van der Waals surface area contributed by atoms with Crippen LogP contribution < -0.4 is 5.32 Å². The molecule has 0 aliphatic heterocycles. The molecule has 0 aromatic carbocycles. The maximum absolute atomic E-state index is 11.1. The molecule has 0 saturated carbocycles. The molecule has 4 heteroatoms. The lowest BCUT2D eigenvalue weighted by atomic mass is 10.2. The van der Waals surface area contributed by atoms with Crippen LogP contribution in [0, 0.1) is 0 Å². The Morgan fingerprint density at radius 2 is 2.15 bits per heavy atom. The Morgan fingerprint density at radius 3 is 2.62 bits per heavy atom. The van der Waals surface area contributed by atoms with Crippen molar-refractivity contribution in [2.45, 2.75) is 39.3 Å². The second kappa shape index (κ2) is 6.86. The molecule has 0 bridgehead atoms. The molecular weight excluding hydrogens is 170 g/mol. The smallest absolute Gasteiger partial charge is 0.322 e. The molecule has 0 radical (unpaired) electrons. The van der Waals surface area contributed by atoms with E-state index in [2.05, 4.69) is 5.32 Å². The van der Waals surface area contributed by atoms with E-state index in [-0.39, 0.29) is 24.7 Å². The number of hydrogen-bond acceptors (Lipinski definition) is 4. The summed E-state index contributed by atoms with van der Waals surface area (Å²) in [6.07, 6.45) is 0.643. The molecule has 0 aliphatic carbocycles. The van der Waals surface area contributed by atoms with Crippen LogP contribution in [0.3, 0.4) is 0 Å². The average Bonchev–Trinajstić information content (AvgIpc) is 2.05. The van der Waals surface area contributed by atoms with Gasteiger partial charge >= 0.3 is 5.97 Å². The Kier molecular flexibility index (Phi) is 6.54. The zero-order chi connectivity index (χ0) is 10.3. The van der Waals surface area contributed by atoms with Crippen LogP contribution in [0.15, 0.2) is 0 Å². The molecule has 0 aromatic heterocycles. The van der Waals surface area contributed by atoms with Crippen LogP contribution in [-0.2, 0) is 9.53 Å². The summed E-state index contributed by atoms with van der Waals surface area (Å²) in [5.74, 6) is -0.243. The molecular formula is C9H19NO3. The first-order valence-electron chi connectivity index (χ1n) is 4.65. The SMILES string of the molecule is CCOC(=O)C(C)NC(C)CCO. The summed E-state index contributed by atoms with van der Waals surface area (Å²) in [4.78, 5) is 11.1. The van der Waals surface area contributed by atoms with E-state index in [0.29, 0.717) is 13.0 Å². The van der Waals surface area contributed by atoms with Gasteiger partial charge in [0.15, 0.2) is 0 Å². The molecule has 4 nitrogen and oxygen atoms in total. The molecule has 2 N–H and O–H groups in total. The summed E-state index contributed by atoms with van der Waals surface area (Å²) in [6.45, 7) is 5.99. The monoisotopic (exact) mass is 189 g/mol. The van der Waals surface area contributed by atoms with Gasteiger partial charge in [-0.15, -0.1) is 0 Å². The van der Waals surface area contributed by atoms with E-state index >= 15 is 0 Å². The molecule has 0 amide bonds. The lowest BCUT2D eigenvalue weighted by Crippen LogP contribution is -2.41. The van der Waals surface area contributed by atoms with E-state index in [1.807, 2.05) is 6.92 Å². The minimum atomic E-state index is -0.304. The van der Waals surface area contributed by atoms with Crippen LogP contribution in [0.2, 0.25) is 0 Å². The maximum Gasteiger partial charge on any atom is 0.322 e. The third kappa shape index (κ3) is 5.60. The van der Waals surface area contributed by atoms with Gasteiger partial charge in [0.05, 0.1) is 6.61 Å². The first-order chi connectivity index (χ1) is 6.11. The molecule has 0 heterocycles. The van der Waals surface area contributed by atoms with Crippen LogP contribution in [0.25, 0.3) is 0 Å². The van der Waals surface area contributed by atoms with Gasteiger partial charge in [0.1, 0.15) is 6.04 Å². The van der Waals surface area contributed by atoms with E-state index in [9.17, 15) is 4.79 Å². The van der Waals surface area contributed by atoms with Crippen LogP contribution in [-0.4, -0.2) is 36.4 Å². The zero-order valence-electron chi connectivity index (χ0n) is 8.54. The van der Waals surface area contributed by atoms with Gasteiger partial charge in [-0.1, -0.05) is 0 Å². The Labute approximate surface area is 79.3 Å². The lowest BCUT2D eigenvalue weighted by molar-refractivity contribution is -0.145. The molecule has 0 fully saturated rings. The minimum Gasteiger partial charge on any atom is -0.465 e. The van der Waals surface area contributed by atoms with Crippen molar-refractivity contribution in [2.24, 2.45) is 0 Å². The number of aliphatic hydroxyl groups excluding tert-OH is 1. The standard InChI is InChI=1S/C9H19NO3/c1-4-13-9(12)8(3)10-7(2)5-6-11/h7-8,10-11H,4-6H2,1-3H3. The molecule has 13 heavy (non-hydrogen) atoms. The average molecular weight is 189 g/mol. The number of rotatable bonds is 6. The van der Waals surface area contributed by atoms with E-state index in [0.717, 1.165) is 0 Å². The number of carbonyl (C=O) groups is 1. The molecule has 0 aliphatic rings. The molecule has 78 valence electrons. The molecule has 2 unspecified atom stereocenters. The van der Waals surface area contributed by atoms with Gasteiger partial charge in [-0.2, -0.15) is 0 Å². The zero-order valence-corrected chi connectivity index (χ0v) is 8.54.